The first-order valence-corrected chi connectivity index (χ1v) is 6.57. The van der Waals surface area contributed by atoms with Crippen LogP contribution in [0.15, 0.2) is 35.1 Å². The first kappa shape index (κ1) is 15.0. The molecule has 108 valence electrons. The van der Waals surface area contributed by atoms with Crippen LogP contribution in [0.4, 0.5) is 5.69 Å². The number of carbonyl (C=O) groups excluding carboxylic acids is 2. The van der Waals surface area contributed by atoms with Crippen molar-refractivity contribution in [3.05, 3.63) is 62.5 Å². The number of carbonyl (C=O) groups is 2. The Labute approximate surface area is 126 Å². The van der Waals surface area contributed by atoms with Crippen molar-refractivity contribution in [2.24, 2.45) is 0 Å². The number of hydrogen-bond donors (Lipinski definition) is 2. The minimum atomic E-state index is -0.421. The van der Waals surface area contributed by atoms with E-state index in [1.165, 1.54) is 19.1 Å². The van der Waals surface area contributed by atoms with E-state index in [2.05, 4.69) is 10.3 Å². The third kappa shape index (κ3) is 3.58. The Morgan fingerprint density at radius 3 is 2.48 bits per heavy atom. The lowest BCUT2D eigenvalue weighted by atomic mass is 10.1. The average Bonchev–Trinajstić information content (AvgIpc) is 2.37. The lowest BCUT2D eigenvalue weighted by Gasteiger charge is -2.07. The molecule has 2 rings (SSSR count). The second-order valence-electron chi connectivity index (χ2n) is 4.62. The molecule has 0 saturated carbocycles. The Morgan fingerprint density at radius 1 is 1.19 bits per heavy atom. The quantitative estimate of drug-likeness (QED) is 0.856. The summed E-state index contributed by atoms with van der Waals surface area (Å²) in [7, 11) is 0. The molecule has 1 aromatic carbocycles. The third-order valence-electron chi connectivity index (χ3n) is 2.85. The standard InChI is InChI=1S/C15H13ClN2O3/c1-8-5-10(6-14(20)17-8)15(21)18-11-3-4-12(9(2)19)13(16)7-11/h3-7H,1-2H3,(H,17,20)(H,18,21). The zero-order chi connectivity index (χ0) is 15.6. The molecule has 0 aliphatic heterocycles. The predicted octanol–water partition coefficient (Wildman–Crippen LogP) is 2.79. The highest BCUT2D eigenvalue weighted by molar-refractivity contribution is 6.34. The van der Waals surface area contributed by atoms with Gasteiger partial charge >= 0.3 is 0 Å². The monoisotopic (exact) mass is 304 g/mol. The Hall–Kier alpha value is -2.40. The first-order valence-electron chi connectivity index (χ1n) is 6.19. The van der Waals surface area contributed by atoms with Crippen molar-refractivity contribution in [1.82, 2.24) is 4.98 Å². The van der Waals surface area contributed by atoms with Gasteiger partial charge in [-0.15, -0.1) is 0 Å². The van der Waals surface area contributed by atoms with Gasteiger partial charge in [0.2, 0.25) is 5.56 Å². The number of pyridine rings is 1. The smallest absolute Gasteiger partial charge is 0.255 e. The van der Waals surface area contributed by atoms with E-state index in [4.69, 9.17) is 11.6 Å². The maximum Gasteiger partial charge on any atom is 0.255 e. The fourth-order valence-electron chi connectivity index (χ4n) is 1.90. The zero-order valence-electron chi connectivity index (χ0n) is 11.5. The van der Waals surface area contributed by atoms with Crippen LogP contribution in [0.3, 0.4) is 0 Å². The molecule has 0 saturated heterocycles. The van der Waals surface area contributed by atoms with Crippen LogP contribution in [0.25, 0.3) is 0 Å². The van der Waals surface area contributed by atoms with Crippen LogP contribution < -0.4 is 10.9 Å². The Kier molecular flexibility index (Phi) is 4.23. The van der Waals surface area contributed by atoms with Crippen LogP contribution in [0.5, 0.6) is 0 Å². The van der Waals surface area contributed by atoms with Crippen molar-refractivity contribution >= 4 is 29.0 Å². The molecule has 21 heavy (non-hydrogen) atoms. The number of aryl methyl sites for hydroxylation is 1. The molecule has 0 atom stereocenters. The predicted molar refractivity (Wildman–Crippen MR) is 81.2 cm³/mol. The number of nitrogens with one attached hydrogen (secondary N) is 2. The highest BCUT2D eigenvalue weighted by atomic mass is 35.5. The van der Waals surface area contributed by atoms with E-state index >= 15 is 0 Å². The van der Waals surface area contributed by atoms with Crippen LogP contribution in [0.2, 0.25) is 5.02 Å². The van der Waals surface area contributed by atoms with Gasteiger partial charge in [0.25, 0.3) is 5.91 Å². The van der Waals surface area contributed by atoms with Crippen LogP contribution in [0.1, 0.15) is 33.3 Å². The average molecular weight is 305 g/mol. The normalized spacial score (nSPS) is 10.2. The summed E-state index contributed by atoms with van der Waals surface area (Å²) in [6.45, 7) is 3.11. The molecule has 0 fully saturated rings. The second kappa shape index (κ2) is 5.93. The summed E-state index contributed by atoms with van der Waals surface area (Å²) in [6, 6.07) is 7.41. The van der Waals surface area contributed by atoms with E-state index < -0.39 is 5.91 Å². The zero-order valence-corrected chi connectivity index (χ0v) is 12.2. The number of rotatable bonds is 3. The minimum absolute atomic E-state index is 0.150. The Bertz CT molecular complexity index is 781. The first-order chi connectivity index (χ1) is 9.86. The van der Waals surface area contributed by atoms with Gasteiger partial charge in [0.05, 0.1) is 5.02 Å². The van der Waals surface area contributed by atoms with Crippen molar-refractivity contribution < 1.29 is 9.59 Å². The van der Waals surface area contributed by atoms with Gasteiger partial charge in [0.1, 0.15) is 0 Å². The molecule has 0 aliphatic carbocycles. The van der Waals surface area contributed by atoms with Gasteiger partial charge in [0.15, 0.2) is 5.78 Å². The molecule has 0 radical (unpaired) electrons. The number of hydrogen-bond acceptors (Lipinski definition) is 3. The van der Waals surface area contributed by atoms with E-state index in [1.54, 1.807) is 25.1 Å². The number of anilines is 1. The maximum absolute atomic E-state index is 12.1. The van der Waals surface area contributed by atoms with Crippen LogP contribution in [-0.2, 0) is 0 Å². The van der Waals surface area contributed by atoms with E-state index in [1.807, 2.05) is 0 Å². The lowest BCUT2D eigenvalue weighted by molar-refractivity contribution is 0.101. The van der Waals surface area contributed by atoms with Gasteiger partial charge in [-0.3, -0.25) is 14.4 Å². The third-order valence-corrected chi connectivity index (χ3v) is 3.16. The number of Topliss-reactive ketones (excluding diaryl/α,β-unsaturated/α-hetero) is 1. The van der Waals surface area contributed by atoms with Crippen molar-refractivity contribution in [3.63, 3.8) is 0 Å². The van der Waals surface area contributed by atoms with E-state index in [9.17, 15) is 14.4 Å². The van der Waals surface area contributed by atoms with Gasteiger partial charge in [-0.2, -0.15) is 0 Å². The molecule has 6 heteroatoms. The lowest BCUT2D eigenvalue weighted by Crippen LogP contribution is -2.16. The molecule has 1 heterocycles. The molecular weight excluding hydrogens is 292 g/mol. The Morgan fingerprint density at radius 2 is 1.90 bits per heavy atom. The van der Waals surface area contributed by atoms with Gasteiger partial charge < -0.3 is 10.3 Å². The summed E-state index contributed by atoms with van der Waals surface area (Å²) in [5.41, 5.74) is 1.35. The number of amides is 1. The summed E-state index contributed by atoms with van der Waals surface area (Å²) in [5, 5.41) is 2.90. The van der Waals surface area contributed by atoms with E-state index in [0.29, 0.717) is 16.9 Å². The molecule has 0 aliphatic rings. The van der Waals surface area contributed by atoms with Gasteiger partial charge in [0, 0.05) is 28.6 Å². The minimum Gasteiger partial charge on any atom is -0.326 e. The van der Waals surface area contributed by atoms with E-state index in [0.717, 1.165) is 0 Å². The van der Waals surface area contributed by atoms with Crippen molar-refractivity contribution in [2.45, 2.75) is 13.8 Å². The number of ketones is 1. The molecule has 1 aromatic heterocycles. The number of benzene rings is 1. The highest BCUT2D eigenvalue weighted by Gasteiger charge is 2.10. The summed E-state index contributed by atoms with van der Waals surface area (Å²) >= 11 is 5.98. The molecule has 0 unspecified atom stereocenters. The molecular formula is C15H13ClN2O3. The van der Waals surface area contributed by atoms with Crippen LogP contribution >= 0.6 is 11.6 Å². The van der Waals surface area contributed by atoms with Gasteiger partial charge in [-0.1, -0.05) is 11.6 Å². The molecule has 5 nitrogen and oxygen atoms in total. The van der Waals surface area contributed by atoms with Crippen molar-refractivity contribution in [2.75, 3.05) is 5.32 Å². The molecule has 0 bridgehead atoms. The molecule has 2 aromatic rings. The number of aromatic nitrogens is 1. The number of H-pyrrole nitrogens is 1. The van der Waals surface area contributed by atoms with E-state index in [-0.39, 0.29) is 21.9 Å². The van der Waals surface area contributed by atoms with Crippen LogP contribution in [-0.4, -0.2) is 16.7 Å². The SMILES string of the molecule is CC(=O)c1ccc(NC(=O)c2cc(C)[nH]c(=O)c2)cc1Cl. The maximum atomic E-state index is 12.1. The highest BCUT2D eigenvalue weighted by Crippen LogP contribution is 2.21. The summed E-state index contributed by atoms with van der Waals surface area (Å²) in [4.78, 5) is 37.3. The summed E-state index contributed by atoms with van der Waals surface area (Å²) < 4.78 is 0. The van der Waals surface area contributed by atoms with Crippen molar-refractivity contribution in [3.8, 4) is 0 Å². The second-order valence-corrected chi connectivity index (χ2v) is 5.03. The summed E-state index contributed by atoms with van der Waals surface area (Å²) in [6.07, 6.45) is 0. The fourth-order valence-corrected chi connectivity index (χ4v) is 2.21. The topological polar surface area (TPSA) is 79.0 Å². The molecule has 1 amide bonds. The van der Waals surface area contributed by atoms with Gasteiger partial charge in [-0.25, -0.2) is 0 Å². The largest absolute Gasteiger partial charge is 0.326 e. The van der Waals surface area contributed by atoms with Crippen molar-refractivity contribution in [1.29, 1.82) is 0 Å². The number of aromatic amines is 1. The molecule has 0 spiro atoms. The number of halogens is 1. The molecule has 2 N–H and O–H groups in total. The van der Waals surface area contributed by atoms with Crippen LogP contribution in [0, 0.1) is 6.92 Å². The Balaban J connectivity index is 2.25. The van der Waals surface area contributed by atoms with Gasteiger partial charge in [-0.05, 0) is 38.1 Å². The fraction of sp³-hybridized carbons (Fsp3) is 0.133. The summed E-state index contributed by atoms with van der Waals surface area (Å²) in [5.74, 6) is -0.570.